The summed E-state index contributed by atoms with van der Waals surface area (Å²) in [5.74, 6) is 0. The molecule has 0 saturated carbocycles. The Morgan fingerprint density at radius 3 is 1.95 bits per heavy atom. The number of rotatable bonds is 2. The normalized spacial score (nSPS) is 10.8. The molecule has 0 aliphatic rings. The van der Waals surface area contributed by atoms with Crippen LogP contribution in [0.3, 0.4) is 0 Å². The minimum Gasteiger partial charge on any atom is -0.242 e. The maximum absolute atomic E-state index is 12.4. The average molecular weight is 296 g/mol. The second-order valence-corrected chi connectivity index (χ2v) is 4.62. The Morgan fingerprint density at radius 2 is 1.52 bits per heavy atom. The van der Waals surface area contributed by atoms with Crippen LogP contribution in [0.2, 0.25) is 0 Å². The lowest BCUT2D eigenvalue weighted by Gasteiger charge is -2.07. The maximum Gasteiger partial charge on any atom is 0.416 e. The number of hydrogen-bond donors (Lipinski definition) is 0. The molecular weight excluding hydrogens is 277 g/mol. The molecule has 2 nitrogen and oxygen atoms in total. The summed E-state index contributed by atoms with van der Waals surface area (Å²) >= 11 is 0. The molecule has 0 N–H and O–H groups in total. The van der Waals surface area contributed by atoms with Gasteiger partial charge >= 0.3 is 6.18 Å². The van der Waals surface area contributed by atoms with E-state index in [1.54, 1.807) is 13.0 Å². The van der Waals surface area contributed by atoms with Gasteiger partial charge in [0.2, 0.25) is 0 Å². The van der Waals surface area contributed by atoms with Gasteiger partial charge in [-0.3, -0.25) is 0 Å². The predicted molar refractivity (Wildman–Crippen MR) is 77.8 cm³/mol. The first-order valence-electron chi connectivity index (χ1n) is 6.84. The number of alkyl halides is 3. The van der Waals surface area contributed by atoms with Gasteiger partial charge in [-0.25, -0.2) is 9.97 Å². The van der Waals surface area contributed by atoms with Crippen LogP contribution in [0.5, 0.6) is 0 Å². The van der Waals surface area contributed by atoms with Gasteiger partial charge in [0.15, 0.2) is 0 Å². The van der Waals surface area contributed by atoms with E-state index in [4.69, 9.17) is 0 Å². The van der Waals surface area contributed by atoms with Crippen LogP contribution in [0.25, 0.3) is 11.3 Å². The van der Waals surface area contributed by atoms with Crippen molar-refractivity contribution in [2.75, 3.05) is 0 Å². The Hall–Kier alpha value is -1.91. The molecule has 114 valence electrons. The lowest BCUT2D eigenvalue weighted by Crippen LogP contribution is -2.04. The largest absolute Gasteiger partial charge is 0.416 e. The highest BCUT2D eigenvalue weighted by atomic mass is 19.4. The minimum absolute atomic E-state index is 0.617. The van der Waals surface area contributed by atoms with Crippen LogP contribution in [0.4, 0.5) is 13.2 Å². The maximum atomic E-state index is 12.4. The number of aromatic nitrogens is 2. The molecular formula is C16H19F3N2. The molecule has 1 aromatic carbocycles. The quantitative estimate of drug-likeness (QED) is 0.753. The van der Waals surface area contributed by atoms with Gasteiger partial charge in [-0.05, 0) is 25.1 Å². The molecule has 2 rings (SSSR count). The molecule has 0 bridgehead atoms. The second kappa shape index (κ2) is 7.76. The van der Waals surface area contributed by atoms with Crippen molar-refractivity contribution in [3.8, 4) is 11.3 Å². The fourth-order valence-corrected chi connectivity index (χ4v) is 1.44. The summed E-state index contributed by atoms with van der Waals surface area (Å²) in [6.07, 6.45) is -0.275. The van der Waals surface area contributed by atoms with E-state index in [1.165, 1.54) is 31.3 Å². The zero-order valence-electron chi connectivity index (χ0n) is 12.4. The number of benzene rings is 1. The number of unbranched alkanes of at least 4 members (excludes halogenated alkanes) is 1. The van der Waals surface area contributed by atoms with E-state index in [0.717, 1.165) is 17.8 Å². The third-order valence-electron chi connectivity index (χ3n) is 2.81. The van der Waals surface area contributed by atoms with E-state index in [2.05, 4.69) is 23.8 Å². The van der Waals surface area contributed by atoms with Crippen LogP contribution < -0.4 is 0 Å². The first-order chi connectivity index (χ1) is 9.88. The molecule has 0 saturated heterocycles. The molecule has 0 aliphatic heterocycles. The summed E-state index contributed by atoms with van der Waals surface area (Å²) in [4.78, 5) is 7.94. The van der Waals surface area contributed by atoms with Crippen LogP contribution in [0.1, 0.15) is 37.9 Å². The molecule has 5 heteroatoms. The lowest BCUT2D eigenvalue weighted by atomic mass is 10.1. The SMILES string of the molecule is CCCC.Cc1cc(-c2ccc(C(F)(F)F)cc2)ncn1. The Labute approximate surface area is 123 Å². The molecule has 0 fully saturated rings. The van der Waals surface area contributed by atoms with Crippen molar-refractivity contribution >= 4 is 0 Å². The van der Waals surface area contributed by atoms with Crippen molar-refractivity contribution in [1.29, 1.82) is 0 Å². The van der Waals surface area contributed by atoms with Crippen LogP contribution >= 0.6 is 0 Å². The molecule has 0 spiro atoms. The Kier molecular flexibility index (Phi) is 6.34. The summed E-state index contributed by atoms with van der Waals surface area (Å²) in [5.41, 5.74) is 1.37. The van der Waals surface area contributed by atoms with Crippen molar-refractivity contribution in [2.45, 2.75) is 39.8 Å². The molecule has 0 aliphatic carbocycles. The Balaban J connectivity index is 0.000000491. The van der Waals surface area contributed by atoms with Gasteiger partial charge in [-0.2, -0.15) is 13.2 Å². The second-order valence-electron chi connectivity index (χ2n) is 4.62. The zero-order valence-corrected chi connectivity index (χ0v) is 12.4. The van der Waals surface area contributed by atoms with Crippen LogP contribution in [0.15, 0.2) is 36.7 Å². The number of nitrogens with zero attached hydrogens (tertiary/aromatic N) is 2. The van der Waals surface area contributed by atoms with E-state index in [1.807, 2.05) is 0 Å². The summed E-state index contributed by atoms with van der Waals surface area (Å²) in [5, 5.41) is 0. The third kappa shape index (κ3) is 5.53. The van der Waals surface area contributed by atoms with Crippen LogP contribution in [-0.2, 0) is 6.18 Å². The van der Waals surface area contributed by atoms with Crippen LogP contribution in [-0.4, -0.2) is 9.97 Å². The van der Waals surface area contributed by atoms with Crippen molar-refractivity contribution in [3.05, 3.63) is 47.9 Å². The first kappa shape index (κ1) is 17.1. The molecule has 2 aromatic rings. The van der Waals surface area contributed by atoms with Crippen molar-refractivity contribution in [3.63, 3.8) is 0 Å². The third-order valence-corrected chi connectivity index (χ3v) is 2.81. The van der Waals surface area contributed by atoms with Gasteiger partial charge in [0, 0.05) is 11.3 Å². The van der Waals surface area contributed by atoms with E-state index < -0.39 is 11.7 Å². The molecule has 0 amide bonds. The highest BCUT2D eigenvalue weighted by Crippen LogP contribution is 2.30. The van der Waals surface area contributed by atoms with E-state index >= 15 is 0 Å². The van der Waals surface area contributed by atoms with Gasteiger partial charge in [-0.15, -0.1) is 0 Å². The zero-order chi connectivity index (χ0) is 15.9. The number of halogens is 3. The Bertz CT molecular complexity index is 546. The average Bonchev–Trinajstić information content (AvgIpc) is 2.47. The highest BCUT2D eigenvalue weighted by Gasteiger charge is 2.29. The standard InChI is InChI=1S/C12H9F3N2.C4H10/c1-8-6-11(17-7-16-8)9-2-4-10(5-3-9)12(13,14)15;1-3-4-2/h2-7H,1H3;3-4H2,1-2H3. The Morgan fingerprint density at radius 1 is 0.952 bits per heavy atom. The summed E-state index contributed by atoms with van der Waals surface area (Å²) in [7, 11) is 0. The molecule has 1 heterocycles. The molecule has 0 radical (unpaired) electrons. The van der Waals surface area contributed by atoms with Crippen molar-refractivity contribution in [2.24, 2.45) is 0 Å². The highest BCUT2D eigenvalue weighted by molar-refractivity contribution is 5.59. The van der Waals surface area contributed by atoms with Crippen molar-refractivity contribution < 1.29 is 13.2 Å². The van der Waals surface area contributed by atoms with Gasteiger partial charge in [0.05, 0.1) is 11.3 Å². The summed E-state index contributed by atoms with van der Waals surface area (Å²) in [6, 6.07) is 6.64. The van der Waals surface area contributed by atoms with E-state index in [0.29, 0.717) is 11.3 Å². The smallest absolute Gasteiger partial charge is 0.242 e. The topological polar surface area (TPSA) is 25.8 Å². The summed E-state index contributed by atoms with van der Waals surface area (Å²) in [6.45, 7) is 6.16. The fourth-order valence-electron chi connectivity index (χ4n) is 1.44. The minimum atomic E-state index is -4.31. The summed E-state index contributed by atoms with van der Waals surface area (Å²) < 4.78 is 37.1. The molecule has 1 aromatic heterocycles. The molecule has 0 unspecified atom stereocenters. The van der Waals surface area contributed by atoms with E-state index in [9.17, 15) is 13.2 Å². The van der Waals surface area contributed by atoms with Gasteiger partial charge in [0.1, 0.15) is 6.33 Å². The van der Waals surface area contributed by atoms with E-state index in [-0.39, 0.29) is 0 Å². The lowest BCUT2D eigenvalue weighted by molar-refractivity contribution is -0.137. The number of aryl methyl sites for hydroxylation is 1. The van der Waals surface area contributed by atoms with Gasteiger partial charge in [0.25, 0.3) is 0 Å². The van der Waals surface area contributed by atoms with Gasteiger partial charge < -0.3 is 0 Å². The fraction of sp³-hybridized carbons (Fsp3) is 0.375. The number of hydrogen-bond acceptors (Lipinski definition) is 2. The van der Waals surface area contributed by atoms with Crippen LogP contribution in [0, 0.1) is 6.92 Å². The van der Waals surface area contributed by atoms with Crippen molar-refractivity contribution in [1.82, 2.24) is 9.97 Å². The van der Waals surface area contributed by atoms with Gasteiger partial charge in [-0.1, -0.05) is 38.8 Å². The monoisotopic (exact) mass is 296 g/mol. The molecule has 21 heavy (non-hydrogen) atoms. The predicted octanol–water partition coefficient (Wildman–Crippen LogP) is 5.28. The molecule has 0 atom stereocenters. The first-order valence-corrected chi connectivity index (χ1v) is 6.84.